The predicted octanol–water partition coefficient (Wildman–Crippen LogP) is 4.73. The van der Waals surface area contributed by atoms with Crippen LogP contribution < -0.4 is 15.6 Å². The second-order valence-corrected chi connectivity index (χ2v) is 7.61. The second kappa shape index (κ2) is 8.47. The number of hydrogen-bond donors (Lipinski definition) is 2. The molecular weight excluding hydrogens is 440 g/mol. The molecule has 2 N–H and O–H groups in total. The fourth-order valence-electron chi connectivity index (χ4n) is 3.43. The number of carbonyl (C=O) groups excluding carboxylic acids is 1. The van der Waals surface area contributed by atoms with Crippen LogP contribution in [-0.4, -0.2) is 22.4 Å². The summed E-state index contributed by atoms with van der Waals surface area (Å²) in [6.07, 6.45) is 2.98. The maximum absolute atomic E-state index is 14.8. The number of amides is 1. The molecular formula is C23H18ClF2N3O3. The van der Waals surface area contributed by atoms with Crippen LogP contribution in [0.25, 0.3) is 16.8 Å². The molecule has 6 nitrogen and oxygen atoms in total. The molecule has 0 aliphatic heterocycles. The number of aromatic amines is 1. The number of ether oxygens (including phenoxy) is 1. The standard InChI is InChI=1S/C23H18ClF2N3O3/c1-12(13-3-5-15(25)6-4-13)27-22(30)14-9-19-23(31)28-18(11-29(19)10-14)16-7-8-17(24)21(32-2)20(16)26/h3-12H,1-2H3,(H,27,30)(H,28,31)/t12-/m1/s1. The summed E-state index contributed by atoms with van der Waals surface area (Å²) < 4.78 is 34.3. The zero-order valence-corrected chi connectivity index (χ0v) is 17.8. The third kappa shape index (κ3) is 3.97. The lowest BCUT2D eigenvalue weighted by Gasteiger charge is -2.13. The highest BCUT2D eigenvalue weighted by Crippen LogP contribution is 2.34. The Morgan fingerprint density at radius 1 is 1.16 bits per heavy atom. The average Bonchev–Trinajstić information content (AvgIpc) is 3.19. The molecule has 2 aromatic carbocycles. The fourth-order valence-corrected chi connectivity index (χ4v) is 3.65. The van der Waals surface area contributed by atoms with Crippen LogP contribution in [0.3, 0.4) is 0 Å². The van der Waals surface area contributed by atoms with E-state index >= 15 is 0 Å². The van der Waals surface area contributed by atoms with Crippen molar-refractivity contribution in [3.05, 3.63) is 93.0 Å². The van der Waals surface area contributed by atoms with Gasteiger partial charge in [0.05, 0.1) is 29.4 Å². The summed E-state index contributed by atoms with van der Waals surface area (Å²) in [4.78, 5) is 27.9. The molecule has 2 aromatic heterocycles. The van der Waals surface area contributed by atoms with Gasteiger partial charge in [-0.3, -0.25) is 9.59 Å². The minimum atomic E-state index is -0.715. The number of nitrogens with one attached hydrogen (secondary N) is 2. The number of benzene rings is 2. The van der Waals surface area contributed by atoms with Gasteiger partial charge in [-0.1, -0.05) is 23.7 Å². The molecule has 4 rings (SSSR count). The molecule has 0 saturated heterocycles. The smallest absolute Gasteiger partial charge is 0.272 e. The van der Waals surface area contributed by atoms with Gasteiger partial charge in [-0.2, -0.15) is 0 Å². The Labute approximate surface area is 186 Å². The number of methoxy groups -OCH3 is 1. The molecule has 0 aliphatic rings. The van der Waals surface area contributed by atoms with E-state index in [9.17, 15) is 18.4 Å². The SMILES string of the molecule is COc1c(Cl)ccc(-c2cn3cc(C(=O)N[C@H](C)c4ccc(F)cc4)cc3c(=O)[nH]2)c1F. The van der Waals surface area contributed by atoms with Crippen molar-refractivity contribution in [2.45, 2.75) is 13.0 Å². The zero-order chi connectivity index (χ0) is 23.0. The summed E-state index contributed by atoms with van der Waals surface area (Å²) in [5.74, 6) is -1.62. The molecule has 0 bridgehead atoms. The number of aromatic nitrogens is 2. The molecule has 1 atom stereocenters. The van der Waals surface area contributed by atoms with Gasteiger partial charge in [0, 0.05) is 18.0 Å². The molecule has 32 heavy (non-hydrogen) atoms. The summed E-state index contributed by atoms with van der Waals surface area (Å²) in [6, 6.07) is 9.76. The number of fused-ring (bicyclic) bond motifs is 1. The van der Waals surface area contributed by atoms with Crippen molar-refractivity contribution in [3.63, 3.8) is 0 Å². The number of nitrogens with zero attached hydrogens (tertiary/aromatic N) is 1. The second-order valence-electron chi connectivity index (χ2n) is 7.21. The first-order valence-electron chi connectivity index (χ1n) is 9.62. The van der Waals surface area contributed by atoms with Crippen LogP contribution in [0.5, 0.6) is 5.75 Å². The van der Waals surface area contributed by atoms with Crippen LogP contribution in [0, 0.1) is 11.6 Å². The van der Waals surface area contributed by atoms with E-state index in [-0.39, 0.29) is 45.0 Å². The largest absolute Gasteiger partial charge is 0.492 e. The average molecular weight is 458 g/mol. The van der Waals surface area contributed by atoms with E-state index in [1.807, 2.05) is 0 Å². The van der Waals surface area contributed by atoms with Crippen LogP contribution in [0.4, 0.5) is 8.78 Å². The highest BCUT2D eigenvalue weighted by atomic mass is 35.5. The third-order valence-electron chi connectivity index (χ3n) is 5.12. The van der Waals surface area contributed by atoms with E-state index in [1.54, 1.807) is 19.1 Å². The lowest BCUT2D eigenvalue weighted by molar-refractivity contribution is 0.0940. The Balaban J connectivity index is 1.66. The van der Waals surface area contributed by atoms with E-state index in [4.69, 9.17) is 16.3 Å². The summed E-state index contributed by atoms with van der Waals surface area (Å²) in [5, 5.41) is 2.91. The number of hydrogen-bond acceptors (Lipinski definition) is 3. The van der Waals surface area contributed by atoms with Crippen molar-refractivity contribution in [2.24, 2.45) is 0 Å². The van der Waals surface area contributed by atoms with Crippen molar-refractivity contribution in [1.29, 1.82) is 0 Å². The van der Waals surface area contributed by atoms with Gasteiger partial charge in [-0.05, 0) is 42.8 Å². The normalized spacial score (nSPS) is 12.0. The van der Waals surface area contributed by atoms with Crippen molar-refractivity contribution in [3.8, 4) is 17.0 Å². The lowest BCUT2D eigenvalue weighted by atomic mass is 10.1. The van der Waals surface area contributed by atoms with E-state index in [0.29, 0.717) is 0 Å². The molecule has 0 saturated carbocycles. The Bertz CT molecular complexity index is 1380. The number of rotatable bonds is 5. The van der Waals surface area contributed by atoms with Gasteiger partial charge in [0.25, 0.3) is 11.5 Å². The Morgan fingerprint density at radius 2 is 1.88 bits per heavy atom. The first-order valence-corrected chi connectivity index (χ1v) is 10.00. The van der Waals surface area contributed by atoms with E-state index in [2.05, 4.69) is 10.3 Å². The molecule has 0 unspecified atom stereocenters. The van der Waals surface area contributed by atoms with Crippen molar-refractivity contribution in [1.82, 2.24) is 14.7 Å². The van der Waals surface area contributed by atoms with Gasteiger partial charge < -0.3 is 19.4 Å². The maximum atomic E-state index is 14.8. The van der Waals surface area contributed by atoms with Gasteiger partial charge in [0.1, 0.15) is 11.3 Å². The van der Waals surface area contributed by atoms with Crippen molar-refractivity contribution < 1.29 is 18.3 Å². The molecule has 0 radical (unpaired) electrons. The minimum absolute atomic E-state index is 0.0925. The monoisotopic (exact) mass is 457 g/mol. The quantitative estimate of drug-likeness (QED) is 0.455. The molecule has 9 heteroatoms. The maximum Gasteiger partial charge on any atom is 0.272 e. The first kappa shape index (κ1) is 21.6. The molecule has 164 valence electrons. The van der Waals surface area contributed by atoms with E-state index < -0.39 is 17.3 Å². The highest BCUT2D eigenvalue weighted by Gasteiger charge is 2.18. The van der Waals surface area contributed by atoms with E-state index in [0.717, 1.165) is 5.56 Å². The lowest BCUT2D eigenvalue weighted by Crippen LogP contribution is -2.26. The molecule has 0 aliphatic carbocycles. The predicted molar refractivity (Wildman–Crippen MR) is 117 cm³/mol. The Morgan fingerprint density at radius 3 is 2.56 bits per heavy atom. The van der Waals surface area contributed by atoms with Gasteiger partial charge in [-0.25, -0.2) is 8.78 Å². The Kier molecular flexibility index (Phi) is 5.71. The van der Waals surface area contributed by atoms with Gasteiger partial charge >= 0.3 is 0 Å². The van der Waals surface area contributed by atoms with Crippen LogP contribution in [-0.2, 0) is 0 Å². The van der Waals surface area contributed by atoms with Crippen LogP contribution in [0.2, 0.25) is 5.02 Å². The number of halogens is 3. The van der Waals surface area contributed by atoms with Gasteiger partial charge in [0.2, 0.25) is 0 Å². The van der Waals surface area contributed by atoms with Crippen molar-refractivity contribution >= 4 is 23.0 Å². The van der Waals surface area contributed by atoms with E-state index in [1.165, 1.54) is 54.2 Å². The topological polar surface area (TPSA) is 75.6 Å². The van der Waals surface area contributed by atoms with Crippen molar-refractivity contribution in [2.75, 3.05) is 7.11 Å². The zero-order valence-electron chi connectivity index (χ0n) is 17.1. The number of carbonyl (C=O) groups is 1. The minimum Gasteiger partial charge on any atom is -0.492 e. The summed E-state index contributed by atoms with van der Waals surface area (Å²) in [7, 11) is 1.30. The first-order chi connectivity index (χ1) is 15.3. The Hall–Kier alpha value is -3.65. The van der Waals surface area contributed by atoms with Crippen LogP contribution in [0.1, 0.15) is 28.9 Å². The fraction of sp³-hybridized carbons (Fsp3) is 0.130. The van der Waals surface area contributed by atoms with Gasteiger partial charge in [0.15, 0.2) is 11.6 Å². The molecule has 2 heterocycles. The van der Waals surface area contributed by atoms with Gasteiger partial charge in [-0.15, -0.1) is 0 Å². The molecule has 0 spiro atoms. The summed E-state index contributed by atoms with van der Waals surface area (Å²) >= 11 is 5.94. The highest BCUT2D eigenvalue weighted by molar-refractivity contribution is 6.32. The third-order valence-corrected chi connectivity index (χ3v) is 5.42. The molecule has 0 fully saturated rings. The number of H-pyrrole nitrogens is 1. The van der Waals surface area contributed by atoms with Crippen LogP contribution >= 0.6 is 11.6 Å². The summed E-state index contributed by atoms with van der Waals surface area (Å²) in [5.41, 5.74) is 0.981. The molecule has 1 amide bonds. The summed E-state index contributed by atoms with van der Waals surface area (Å²) in [6.45, 7) is 1.77. The van der Waals surface area contributed by atoms with Crippen LogP contribution in [0.15, 0.2) is 59.7 Å². The molecule has 4 aromatic rings.